The summed E-state index contributed by atoms with van der Waals surface area (Å²) < 4.78 is 12.8. The molecule has 0 aliphatic rings. The van der Waals surface area contributed by atoms with Crippen LogP contribution in [0, 0.1) is 5.95 Å². The maximum absolute atomic E-state index is 12.8. The van der Waals surface area contributed by atoms with E-state index in [4.69, 9.17) is 10.0 Å². The lowest BCUT2D eigenvalue weighted by Gasteiger charge is -2.03. The standard InChI is InChI=1S/C9H7BFNO2/c11-8-5-4-6-2-1-3-7(10(13)14)9(6)12-8/h1-5,13-14H. The lowest BCUT2D eigenvalue weighted by Crippen LogP contribution is -2.30. The van der Waals surface area contributed by atoms with Gasteiger partial charge < -0.3 is 10.0 Å². The summed E-state index contributed by atoms with van der Waals surface area (Å²) in [5.74, 6) is -0.634. The van der Waals surface area contributed by atoms with Crippen molar-refractivity contribution in [1.29, 1.82) is 0 Å². The predicted molar refractivity (Wildman–Crippen MR) is 51.5 cm³/mol. The number of para-hydroxylation sites is 1. The summed E-state index contributed by atoms with van der Waals surface area (Å²) >= 11 is 0. The molecule has 0 saturated carbocycles. The largest absolute Gasteiger partial charge is 0.490 e. The van der Waals surface area contributed by atoms with Gasteiger partial charge in [-0.1, -0.05) is 18.2 Å². The summed E-state index contributed by atoms with van der Waals surface area (Å²) in [5.41, 5.74) is 0.490. The summed E-state index contributed by atoms with van der Waals surface area (Å²) in [4.78, 5) is 3.61. The molecule has 3 nitrogen and oxygen atoms in total. The molecular formula is C9H7BFNO2. The molecule has 0 saturated heterocycles. The van der Waals surface area contributed by atoms with Crippen LogP contribution in [0.5, 0.6) is 0 Å². The summed E-state index contributed by atoms with van der Waals surface area (Å²) in [6, 6.07) is 7.67. The van der Waals surface area contributed by atoms with E-state index in [0.29, 0.717) is 5.39 Å². The molecular weight excluding hydrogens is 184 g/mol. The number of hydrogen-bond donors (Lipinski definition) is 2. The van der Waals surface area contributed by atoms with Gasteiger partial charge in [0.2, 0.25) is 5.95 Å². The molecule has 0 fully saturated rings. The van der Waals surface area contributed by atoms with Gasteiger partial charge >= 0.3 is 7.12 Å². The summed E-state index contributed by atoms with van der Waals surface area (Å²) in [5, 5.41) is 18.7. The number of pyridine rings is 1. The van der Waals surface area contributed by atoms with E-state index in [2.05, 4.69) is 4.98 Å². The normalized spacial score (nSPS) is 10.5. The van der Waals surface area contributed by atoms with Crippen LogP contribution in [0.4, 0.5) is 4.39 Å². The third-order valence-corrected chi connectivity index (χ3v) is 2.00. The minimum Gasteiger partial charge on any atom is -0.423 e. The van der Waals surface area contributed by atoms with Crippen molar-refractivity contribution >= 4 is 23.5 Å². The van der Waals surface area contributed by atoms with Gasteiger partial charge in [-0.15, -0.1) is 0 Å². The molecule has 1 aromatic carbocycles. The summed E-state index contributed by atoms with van der Waals surface area (Å²) in [7, 11) is -1.63. The minimum atomic E-state index is -1.63. The maximum Gasteiger partial charge on any atom is 0.490 e. The van der Waals surface area contributed by atoms with Crippen LogP contribution in [-0.2, 0) is 0 Å². The van der Waals surface area contributed by atoms with Crippen molar-refractivity contribution in [3.8, 4) is 0 Å². The van der Waals surface area contributed by atoms with E-state index >= 15 is 0 Å². The average molecular weight is 191 g/mol. The zero-order valence-corrected chi connectivity index (χ0v) is 7.18. The third kappa shape index (κ3) is 1.47. The van der Waals surface area contributed by atoms with Crippen molar-refractivity contribution in [2.75, 3.05) is 0 Å². The second-order valence-electron chi connectivity index (χ2n) is 2.93. The molecule has 14 heavy (non-hydrogen) atoms. The van der Waals surface area contributed by atoms with Crippen molar-refractivity contribution in [2.24, 2.45) is 0 Å². The van der Waals surface area contributed by atoms with E-state index in [0.717, 1.165) is 0 Å². The predicted octanol–water partition coefficient (Wildman–Crippen LogP) is 0.0537. The Kier molecular flexibility index (Phi) is 2.19. The smallest absolute Gasteiger partial charge is 0.423 e. The Balaban J connectivity index is 2.77. The molecule has 5 heteroatoms. The van der Waals surface area contributed by atoms with E-state index in [1.165, 1.54) is 12.1 Å². The van der Waals surface area contributed by atoms with Gasteiger partial charge in [0.25, 0.3) is 0 Å². The Morgan fingerprint density at radius 2 is 1.93 bits per heavy atom. The van der Waals surface area contributed by atoms with Crippen molar-refractivity contribution in [2.45, 2.75) is 0 Å². The number of hydrogen-bond acceptors (Lipinski definition) is 3. The quantitative estimate of drug-likeness (QED) is 0.494. The van der Waals surface area contributed by atoms with Crippen molar-refractivity contribution in [3.63, 3.8) is 0 Å². The number of aromatic nitrogens is 1. The van der Waals surface area contributed by atoms with Crippen LogP contribution in [0.3, 0.4) is 0 Å². The SMILES string of the molecule is OB(O)c1cccc2ccc(F)nc12. The molecule has 0 unspecified atom stereocenters. The molecule has 2 rings (SSSR count). The van der Waals surface area contributed by atoms with E-state index in [-0.39, 0.29) is 11.0 Å². The first kappa shape index (κ1) is 9.11. The summed E-state index contributed by atoms with van der Waals surface area (Å²) in [6.07, 6.45) is 0. The lowest BCUT2D eigenvalue weighted by molar-refractivity contribution is 0.426. The molecule has 1 heterocycles. The fourth-order valence-electron chi connectivity index (χ4n) is 1.35. The maximum atomic E-state index is 12.8. The van der Waals surface area contributed by atoms with E-state index in [1.807, 2.05) is 0 Å². The molecule has 0 bridgehead atoms. The van der Waals surface area contributed by atoms with Gasteiger partial charge in [0.1, 0.15) is 0 Å². The van der Waals surface area contributed by atoms with Crippen LogP contribution >= 0.6 is 0 Å². The van der Waals surface area contributed by atoms with Crippen molar-refractivity contribution in [1.82, 2.24) is 4.98 Å². The number of nitrogens with zero attached hydrogens (tertiary/aromatic N) is 1. The van der Waals surface area contributed by atoms with Crippen LogP contribution < -0.4 is 5.46 Å². The van der Waals surface area contributed by atoms with E-state index in [1.54, 1.807) is 18.2 Å². The number of halogens is 1. The van der Waals surface area contributed by atoms with Crippen molar-refractivity contribution in [3.05, 3.63) is 36.3 Å². The van der Waals surface area contributed by atoms with Crippen LogP contribution in [0.2, 0.25) is 0 Å². The monoisotopic (exact) mass is 191 g/mol. The van der Waals surface area contributed by atoms with Crippen LogP contribution in [0.1, 0.15) is 0 Å². The highest BCUT2D eigenvalue weighted by Crippen LogP contribution is 2.09. The fourth-order valence-corrected chi connectivity index (χ4v) is 1.35. The van der Waals surface area contributed by atoms with Gasteiger partial charge in [-0.05, 0) is 12.1 Å². The lowest BCUT2D eigenvalue weighted by atomic mass is 9.79. The highest BCUT2D eigenvalue weighted by molar-refractivity contribution is 6.61. The molecule has 0 atom stereocenters. The Bertz CT molecular complexity index is 475. The first-order valence-electron chi connectivity index (χ1n) is 4.10. The molecule has 0 amide bonds. The van der Waals surface area contributed by atoms with Gasteiger partial charge in [-0.25, -0.2) is 4.98 Å². The highest BCUT2D eigenvalue weighted by Gasteiger charge is 2.15. The highest BCUT2D eigenvalue weighted by atomic mass is 19.1. The Hall–Kier alpha value is -1.46. The van der Waals surface area contributed by atoms with Crippen LogP contribution in [0.25, 0.3) is 10.9 Å². The Morgan fingerprint density at radius 1 is 1.14 bits per heavy atom. The Morgan fingerprint density at radius 3 is 2.64 bits per heavy atom. The van der Waals surface area contributed by atoms with Crippen molar-refractivity contribution < 1.29 is 14.4 Å². The third-order valence-electron chi connectivity index (χ3n) is 2.00. The first-order chi connectivity index (χ1) is 6.68. The van der Waals surface area contributed by atoms with E-state index < -0.39 is 13.1 Å². The van der Waals surface area contributed by atoms with Gasteiger partial charge in [0.05, 0.1) is 5.52 Å². The molecule has 2 N–H and O–H groups in total. The van der Waals surface area contributed by atoms with Crippen LogP contribution in [-0.4, -0.2) is 22.2 Å². The van der Waals surface area contributed by atoms with Crippen LogP contribution in [0.15, 0.2) is 30.3 Å². The zero-order valence-electron chi connectivity index (χ0n) is 7.18. The number of rotatable bonds is 1. The average Bonchev–Trinajstić information content (AvgIpc) is 2.16. The fraction of sp³-hybridized carbons (Fsp3) is 0. The summed E-state index contributed by atoms with van der Waals surface area (Å²) in [6.45, 7) is 0. The molecule has 0 spiro atoms. The molecule has 2 aromatic rings. The van der Waals surface area contributed by atoms with E-state index in [9.17, 15) is 4.39 Å². The zero-order chi connectivity index (χ0) is 10.1. The van der Waals surface area contributed by atoms with Gasteiger partial charge in [-0.3, -0.25) is 0 Å². The minimum absolute atomic E-state index is 0.210. The second kappa shape index (κ2) is 3.36. The van der Waals surface area contributed by atoms with Gasteiger partial charge in [0.15, 0.2) is 0 Å². The Labute approximate surface area is 80.0 Å². The molecule has 0 radical (unpaired) electrons. The van der Waals surface area contributed by atoms with Gasteiger partial charge in [-0.2, -0.15) is 4.39 Å². The molecule has 1 aromatic heterocycles. The molecule has 0 aliphatic heterocycles. The number of fused-ring (bicyclic) bond motifs is 1. The topological polar surface area (TPSA) is 53.4 Å². The second-order valence-corrected chi connectivity index (χ2v) is 2.93. The molecule has 0 aliphatic carbocycles. The molecule has 70 valence electrons. The first-order valence-corrected chi connectivity index (χ1v) is 4.10. The van der Waals surface area contributed by atoms with Gasteiger partial charge in [0, 0.05) is 10.8 Å². The number of benzene rings is 1.